The van der Waals surface area contributed by atoms with Crippen molar-refractivity contribution in [2.24, 2.45) is 0 Å². The topological polar surface area (TPSA) is 64.6 Å². The highest BCUT2D eigenvalue weighted by Gasteiger charge is 2.06. The van der Waals surface area contributed by atoms with Gasteiger partial charge in [0.2, 0.25) is 0 Å². The quantitative estimate of drug-likeness (QED) is 0.560. The molecule has 0 aliphatic heterocycles. The first kappa shape index (κ1) is 11.6. The number of amidine groups is 1. The minimum atomic E-state index is 0.267. The summed E-state index contributed by atoms with van der Waals surface area (Å²) in [5, 5.41) is 11.0. The first-order chi connectivity index (χ1) is 8.10. The molecule has 1 aromatic heterocycles. The highest BCUT2D eigenvalue weighted by atomic mass is 15.0. The number of nitrogens with one attached hydrogen (secondary N) is 3. The van der Waals surface area contributed by atoms with Crippen molar-refractivity contribution < 1.29 is 0 Å². The second-order valence-electron chi connectivity index (χ2n) is 4.44. The fourth-order valence-electron chi connectivity index (χ4n) is 1.75. The summed E-state index contributed by atoms with van der Waals surface area (Å²) in [6.07, 6.45) is 0.895. The molecule has 17 heavy (non-hydrogen) atoms. The second-order valence-corrected chi connectivity index (χ2v) is 4.44. The van der Waals surface area contributed by atoms with Crippen LogP contribution in [-0.4, -0.2) is 21.8 Å². The lowest BCUT2D eigenvalue weighted by molar-refractivity contribution is 0.731. The maximum absolute atomic E-state index is 7.94. The number of H-pyrrole nitrogens is 1. The van der Waals surface area contributed by atoms with Crippen LogP contribution in [0.2, 0.25) is 0 Å². The summed E-state index contributed by atoms with van der Waals surface area (Å²) < 4.78 is 0. The summed E-state index contributed by atoms with van der Waals surface area (Å²) in [4.78, 5) is 7.72. The Morgan fingerprint density at radius 1 is 1.47 bits per heavy atom. The molecule has 1 heterocycles. The van der Waals surface area contributed by atoms with E-state index >= 15 is 0 Å². The molecular formula is C13H18N4. The lowest BCUT2D eigenvalue weighted by Crippen LogP contribution is -2.30. The molecule has 0 fully saturated rings. The molecule has 0 bridgehead atoms. The Morgan fingerprint density at radius 2 is 2.24 bits per heavy atom. The van der Waals surface area contributed by atoms with Gasteiger partial charge < -0.3 is 10.3 Å². The summed E-state index contributed by atoms with van der Waals surface area (Å²) in [7, 11) is 0. The minimum absolute atomic E-state index is 0.267. The number of hydrogen-bond donors (Lipinski definition) is 3. The van der Waals surface area contributed by atoms with Crippen LogP contribution < -0.4 is 5.32 Å². The zero-order valence-electron chi connectivity index (χ0n) is 10.5. The first-order valence-electron chi connectivity index (χ1n) is 5.94. The molecule has 2 aromatic rings. The molecule has 2 rings (SSSR count). The third kappa shape index (κ3) is 2.46. The Hall–Kier alpha value is -1.84. The molecule has 0 saturated carbocycles. The zero-order chi connectivity index (χ0) is 12.4. The molecule has 0 amide bonds. The predicted molar refractivity (Wildman–Crippen MR) is 70.6 cm³/mol. The average Bonchev–Trinajstić information content (AvgIpc) is 2.69. The molecular weight excluding hydrogens is 212 g/mol. The van der Waals surface area contributed by atoms with Gasteiger partial charge in [0.25, 0.3) is 0 Å². The van der Waals surface area contributed by atoms with Crippen molar-refractivity contribution in [3.63, 3.8) is 0 Å². The van der Waals surface area contributed by atoms with Crippen LogP contribution in [0.1, 0.15) is 32.2 Å². The summed E-state index contributed by atoms with van der Waals surface area (Å²) in [5.41, 5.74) is 2.83. The van der Waals surface area contributed by atoms with Crippen molar-refractivity contribution in [3.05, 3.63) is 29.6 Å². The third-order valence-electron chi connectivity index (χ3n) is 2.59. The largest absolute Gasteiger partial charge is 0.368 e. The van der Waals surface area contributed by atoms with E-state index in [1.165, 1.54) is 0 Å². The van der Waals surface area contributed by atoms with Gasteiger partial charge in [0, 0.05) is 18.0 Å². The summed E-state index contributed by atoms with van der Waals surface area (Å²) in [6, 6.07) is 6.14. The normalized spacial score (nSPS) is 11.1. The van der Waals surface area contributed by atoms with Gasteiger partial charge in [-0.05, 0) is 32.0 Å². The van der Waals surface area contributed by atoms with Gasteiger partial charge in [0.1, 0.15) is 11.7 Å². The first-order valence-corrected chi connectivity index (χ1v) is 5.94. The Balaban J connectivity index is 2.33. The number of rotatable bonds is 3. The Morgan fingerprint density at radius 3 is 2.88 bits per heavy atom. The number of aromatic amines is 1. The van der Waals surface area contributed by atoms with Crippen molar-refractivity contribution >= 4 is 16.9 Å². The van der Waals surface area contributed by atoms with E-state index in [9.17, 15) is 0 Å². The number of aromatic nitrogens is 2. The van der Waals surface area contributed by atoms with Crippen LogP contribution in [0.5, 0.6) is 0 Å². The van der Waals surface area contributed by atoms with Crippen LogP contribution >= 0.6 is 0 Å². The number of imidazole rings is 1. The van der Waals surface area contributed by atoms with Crippen LogP contribution in [0.3, 0.4) is 0 Å². The van der Waals surface area contributed by atoms with E-state index in [1.807, 2.05) is 32.0 Å². The number of hydrogen-bond acceptors (Lipinski definition) is 2. The molecule has 0 unspecified atom stereocenters. The van der Waals surface area contributed by atoms with E-state index in [-0.39, 0.29) is 6.04 Å². The van der Waals surface area contributed by atoms with Crippen molar-refractivity contribution in [1.82, 2.24) is 15.3 Å². The Labute approximate surface area is 101 Å². The van der Waals surface area contributed by atoms with Gasteiger partial charge in [0.15, 0.2) is 0 Å². The third-order valence-corrected chi connectivity index (χ3v) is 2.59. The van der Waals surface area contributed by atoms with Gasteiger partial charge >= 0.3 is 0 Å². The van der Waals surface area contributed by atoms with Gasteiger partial charge in [-0.3, -0.25) is 5.41 Å². The molecule has 1 aromatic carbocycles. The van der Waals surface area contributed by atoms with E-state index in [4.69, 9.17) is 5.41 Å². The van der Waals surface area contributed by atoms with E-state index in [0.717, 1.165) is 28.8 Å². The molecule has 90 valence electrons. The maximum Gasteiger partial charge on any atom is 0.125 e. The summed E-state index contributed by atoms with van der Waals surface area (Å²) in [5.74, 6) is 1.43. The highest BCUT2D eigenvalue weighted by Crippen LogP contribution is 2.14. The van der Waals surface area contributed by atoms with Gasteiger partial charge in [0.05, 0.1) is 11.0 Å². The van der Waals surface area contributed by atoms with Gasteiger partial charge in [-0.2, -0.15) is 0 Å². The van der Waals surface area contributed by atoms with E-state index in [1.54, 1.807) is 0 Å². The van der Waals surface area contributed by atoms with Crippen molar-refractivity contribution in [3.8, 4) is 0 Å². The molecule has 4 nitrogen and oxygen atoms in total. The van der Waals surface area contributed by atoms with Crippen molar-refractivity contribution in [2.75, 3.05) is 0 Å². The smallest absolute Gasteiger partial charge is 0.125 e. The standard InChI is InChI=1S/C13H18N4/c1-4-12-16-10-6-5-9(7-11(10)17-12)13(14)15-8(2)3/h5-8H,4H2,1-3H3,(H2,14,15)(H,16,17). The number of benzene rings is 1. The number of nitrogens with zero attached hydrogens (tertiary/aromatic N) is 1. The molecule has 0 saturated heterocycles. The van der Waals surface area contributed by atoms with E-state index < -0.39 is 0 Å². The Kier molecular flexibility index (Phi) is 3.13. The highest BCUT2D eigenvalue weighted by molar-refractivity contribution is 5.99. The lowest BCUT2D eigenvalue weighted by atomic mass is 10.1. The van der Waals surface area contributed by atoms with Gasteiger partial charge in [-0.15, -0.1) is 0 Å². The molecule has 0 atom stereocenters. The number of aryl methyl sites for hydroxylation is 1. The molecule has 4 heteroatoms. The van der Waals surface area contributed by atoms with Crippen molar-refractivity contribution in [1.29, 1.82) is 5.41 Å². The summed E-state index contributed by atoms with van der Waals surface area (Å²) in [6.45, 7) is 6.12. The molecule has 0 aliphatic rings. The molecule has 0 spiro atoms. The van der Waals surface area contributed by atoms with Gasteiger partial charge in [-0.25, -0.2) is 4.98 Å². The fourth-order valence-corrected chi connectivity index (χ4v) is 1.75. The molecule has 0 aliphatic carbocycles. The van der Waals surface area contributed by atoms with Crippen molar-refractivity contribution in [2.45, 2.75) is 33.2 Å². The van der Waals surface area contributed by atoms with Crippen LogP contribution in [0, 0.1) is 5.41 Å². The summed E-state index contributed by atoms with van der Waals surface area (Å²) >= 11 is 0. The Bertz CT molecular complexity index is 539. The zero-order valence-corrected chi connectivity index (χ0v) is 10.5. The minimum Gasteiger partial charge on any atom is -0.368 e. The average molecular weight is 230 g/mol. The fraction of sp³-hybridized carbons (Fsp3) is 0.385. The van der Waals surface area contributed by atoms with Crippen LogP contribution in [0.4, 0.5) is 0 Å². The van der Waals surface area contributed by atoms with Crippen LogP contribution in [0.25, 0.3) is 11.0 Å². The molecule has 0 radical (unpaired) electrons. The van der Waals surface area contributed by atoms with Crippen LogP contribution in [-0.2, 0) is 6.42 Å². The van der Waals surface area contributed by atoms with E-state index in [2.05, 4.69) is 22.2 Å². The van der Waals surface area contributed by atoms with Gasteiger partial charge in [-0.1, -0.05) is 6.92 Å². The SMILES string of the molecule is CCc1nc2cc(C(=N)NC(C)C)ccc2[nH]1. The maximum atomic E-state index is 7.94. The monoisotopic (exact) mass is 230 g/mol. The molecule has 3 N–H and O–H groups in total. The van der Waals surface area contributed by atoms with E-state index in [0.29, 0.717) is 5.84 Å². The number of fused-ring (bicyclic) bond motifs is 1. The lowest BCUT2D eigenvalue weighted by Gasteiger charge is -2.10. The second kappa shape index (κ2) is 4.57. The predicted octanol–water partition coefficient (Wildman–Crippen LogP) is 2.45. The van der Waals surface area contributed by atoms with Crippen LogP contribution in [0.15, 0.2) is 18.2 Å².